The van der Waals surface area contributed by atoms with E-state index < -0.39 is 0 Å². The molecular weight excluding hydrogens is 174 g/mol. The Morgan fingerprint density at radius 2 is 2.21 bits per heavy atom. The predicted molar refractivity (Wildman–Crippen MR) is 57.2 cm³/mol. The SMILES string of the molecule is Cc1ccc2c(c1[C@@H](N)CO)CCC2. The van der Waals surface area contributed by atoms with Crippen LogP contribution in [-0.2, 0) is 12.8 Å². The Morgan fingerprint density at radius 3 is 2.93 bits per heavy atom. The lowest BCUT2D eigenvalue weighted by molar-refractivity contribution is 0.267. The average Bonchev–Trinajstić information content (AvgIpc) is 2.64. The second-order valence-electron chi connectivity index (χ2n) is 4.08. The zero-order valence-corrected chi connectivity index (χ0v) is 8.59. The van der Waals surface area contributed by atoms with Crippen molar-refractivity contribution in [1.29, 1.82) is 0 Å². The third-order valence-corrected chi connectivity index (χ3v) is 3.11. The van der Waals surface area contributed by atoms with Crippen molar-refractivity contribution < 1.29 is 5.11 Å². The number of hydrogen-bond donors (Lipinski definition) is 2. The van der Waals surface area contributed by atoms with Gasteiger partial charge in [0.2, 0.25) is 0 Å². The lowest BCUT2D eigenvalue weighted by atomic mass is 9.93. The molecular formula is C12H17NO. The van der Waals surface area contributed by atoms with Gasteiger partial charge in [-0.2, -0.15) is 0 Å². The van der Waals surface area contributed by atoms with Crippen LogP contribution in [0.5, 0.6) is 0 Å². The molecule has 1 atom stereocenters. The van der Waals surface area contributed by atoms with Gasteiger partial charge in [-0.25, -0.2) is 0 Å². The Labute approximate surface area is 84.7 Å². The largest absolute Gasteiger partial charge is 0.394 e. The first-order chi connectivity index (χ1) is 6.74. The highest BCUT2D eigenvalue weighted by atomic mass is 16.3. The van der Waals surface area contributed by atoms with Crippen molar-refractivity contribution in [1.82, 2.24) is 0 Å². The molecule has 3 N–H and O–H groups in total. The zero-order chi connectivity index (χ0) is 10.1. The molecule has 14 heavy (non-hydrogen) atoms. The summed E-state index contributed by atoms with van der Waals surface area (Å²) < 4.78 is 0. The smallest absolute Gasteiger partial charge is 0.0624 e. The van der Waals surface area contributed by atoms with Gasteiger partial charge >= 0.3 is 0 Å². The highest BCUT2D eigenvalue weighted by Crippen LogP contribution is 2.30. The van der Waals surface area contributed by atoms with Crippen molar-refractivity contribution in [3.63, 3.8) is 0 Å². The van der Waals surface area contributed by atoms with Crippen molar-refractivity contribution in [3.05, 3.63) is 34.4 Å². The van der Waals surface area contributed by atoms with Gasteiger partial charge in [-0.05, 0) is 48.4 Å². The highest BCUT2D eigenvalue weighted by Gasteiger charge is 2.19. The maximum absolute atomic E-state index is 9.12. The van der Waals surface area contributed by atoms with Crippen LogP contribution in [0.15, 0.2) is 12.1 Å². The van der Waals surface area contributed by atoms with Gasteiger partial charge in [0, 0.05) is 0 Å². The quantitative estimate of drug-likeness (QED) is 0.743. The van der Waals surface area contributed by atoms with Gasteiger partial charge in [0.25, 0.3) is 0 Å². The summed E-state index contributed by atoms with van der Waals surface area (Å²) in [7, 11) is 0. The number of nitrogens with two attached hydrogens (primary N) is 1. The number of rotatable bonds is 2. The molecule has 0 unspecified atom stereocenters. The Morgan fingerprint density at radius 1 is 1.43 bits per heavy atom. The first kappa shape index (κ1) is 9.69. The normalized spacial score (nSPS) is 16.8. The summed E-state index contributed by atoms with van der Waals surface area (Å²) in [5.74, 6) is 0. The molecule has 0 amide bonds. The molecule has 0 radical (unpaired) electrons. The summed E-state index contributed by atoms with van der Waals surface area (Å²) in [5.41, 5.74) is 11.1. The van der Waals surface area contributed by atoms with Crippen LogP contribution < -0.4 is 5.73 Å². The third-order valence-electron chi connectivity index (χ3n) is 3.11. The molecule has 2 nitrogen and oxygen atoms in total. The minimum atomic E-state index is -0.206. The highest BCUT2D eigenvalue weighted by molar-refractivity contribution is 5.44. The Kier molecular flexibility index (Phi) is 2.57. The molecule has 1 aliphatic rings. The van der Waals surface area contributed by atoms with Crippen molar-refractivity contribution in [2.45, 2.75) is 32.2 Å². The summed E-state index contributed by atoms with van der Waals surface area (Å²) in [6.45, 7) is 2.11. The van der Waals surface area contributed by atoms with E-state index in [4.69, 9.17) is 10.8 Å². The van der Waals surface area contributed by atoms with Crippen LogP contribution in [0.1, 0.15) is 34.7 Å². The molecule has 0 heterocycles. The zero-order valence-electron chi connectivity index (χ0n) is 8.59. The van der Waals surface area contributed by atoms with Gasteiger partial charge in [0.1, 0.15) is 0 Å². The number of aryl methyl sites for hydroxylation is 2. The monoisotopic (exact) mass is 191 g/mol. The van der Waals surface area contributed by atoms with Gasteiger partial charge in [-0.3, -0.25) is 0 Å². The molecule has 0 bridgehead atoms. The van der Waals surface area contributed by atoms with E-state index in [0.717, 1.165) is 6.42 Å². The number of aliphatic hydroxyl groups is 1. The number of aliphatic hydroxyl groups excluding tert-OH is 1. The van der Waals surface area contributed by atoms with Gasteiger partial charge in [0.15, 0.2) is 0 Å². The fourth-order valence-corrected chi connectivity index (χ4v) is 2.42. The van der Waals surface area contributed by atoms with Crippen LogP contribution in [0.2, 0.25) is 0 Å². The molecule has 0 aliphatic heterocycles. The standard InChI is InChI=1S/C12H17NO/c1-8-5-6-9-3-2-4-10(9)12(8)11(13)7-14/h5-6,11,14H,2-4,7,13H2,1H3/t11-/m0/s1. The maximum atomic E-state index is 9.12. The Hall–Kier alpha value is -0.860. The summed E-state index contributed by atoms with van der Waals surface area (Å²) in [6, 6.07) is 4.11. The van der Waals surface area contributed by atoms with E-state index in [1.54, 1.807) is 0 Å². The van der Waals surface area contributed by atoms with E-state index in [1.165, 1.54) is 35.1 Å². The van der Waals surface area contributed by atoms with E-state index in [9.17, 15) is 0 Å². The van der Waals surface area contributed by atoms with Crippen LogP contribution in [0, 0.1) is 6.92 Å². The van der Waals surface area contributed by atoms with Gasteiger partial charge in [0.05, 0.1) is 12.6 Å². The van der Waals surface area contributed by atoms with Gasteiger partial charge in [-0.1, -0.05) is 12.1 Å². The fraction of sp³-hybridized carbons (Fsp3) is 0.500. The van der Waals surface area contributed by atoms with E-state index in [0.29, 0.717) is 0 Å². The second kappa shape index (κ2) is 3.71. The third kappa shape index (κ3) is 1.45. The van der Waals surface area contributed by atoms with Crippen LogP contribution in [0.25, 0.3) is 0 Å². The minimum Gasteiger partial charge on any atom is -0.394 e. The van der Waals surface area contributed by atoms with Crippen LogP contribution in [0.4, 0.5) is 0 Å². The average molecular weight is 191 g/mol. The molecule has 0 fully saturated rings. The number of hydrogen-bond acceptors (Lipinski definition) is 2. The molecule has 0 saturated carbocycles. The van der Waals surface area contributed by atoms with E-state index in [-0.39, 0.29) is 12.6 Å². The molecule has 0 aromatic heterocycles. The maximum Gasteiger partial charge on any atom is 0.0624 e. The molecule has 0 spiro atoms. The molecule has 1 aromatic rings. The predicted octanol–water partition coefficient (Wildman–Crippen LogP) is 1.48. The van der Waals surface area contributed by atoms with E-state index >= 15 is 0 Å². The summed E-state index contributed by atoms with van der Waals surface area (Å²) >= 11 is 0. The fourth-order valence-electron chi connectivity index (χ4n) is 2.42. The van der Waals surface area contributed by atoms with Crippen LogP contribution >= 0.6 is 0 Å². The molecule has 1 aromatic carbocycles. The van der Waals surface area contributed by atoms with Crippen LogP contribution in [-0.4, -0.2) is 11.7 Å². The van der Waals surface area contributed by atoms with E-state index in [1.807, 2.05) is 0 Å². The van der Waals surface area contributed by atoms with Crippen molar-refractivity contribution in [3.8, 4) is 0 Å². The Balaban J connectivity index is 2.51. The topological polar surface area (TPSA) is 46.2 Å². The first-order valence-corrected chi connectivity index (χ1v) is 5.21. The molecule has 0 saturated heterocycles. The lowest BCUT2D eigenvalue weighted by Crippen LogP contribution is -2.18. The van der Waals surface area contributed by atoms with E-state index in [2.05, 4.69) is 19.1 Å². The molecule has 76 valence electrons. The number of fused-ring (bicyclic) bond motifs is 1. The summed E-state index contributed by atoms with van der Waals surface area (Å²) in [4.78, 5) is 0. The molecule has 2 rings (SSSR count). The minimum absolute atomic E-state index is 0.0390. The van der Waals surface area contributed by atoms with Crippen molar-refractivity contribution in [2.24, 2.45) is 5.73 Å². The van der Waals surface area contributed by atoms with Gasteiger partial charge in [-0.15, -0.1) is 0 Å². The number of benzene rings is 1. The van der Waals surface area contributed by atoms with Crippen molar-refractivity contribution >= 4 is 0 Å². The van der Waals surface area contributed by atoms with Crippen LogP contribution in [0.3, 0.4) is 0 Å². The first-order valence-electron chi connectivity index (χ1n) is 5.21. The van der Waals surface area contributed by atoms with Gasteiger partial charge < -0.3 is 10.8 Å². The second-order valence-corrected chi connectivity index (χ2v) is 4.08. The summed E-state index contributed by atoms with van der Waals surface area (Å²) in [5, 5.41) is 9.12. The Bertz CT molecular complexity index is 346. The summed E-state index contributed by atoms with van der Waals surface area (Å²) in [6.07, 6.45) is 3.52. The molecule has 1 aliphatic carbocycles. The van der Waals surface area contributed by atoms with Crippen molar-refractivity contribution in [2.75, 3.05) is 6.61 Å². The molecule has 2 heteroatoms. The lowest BCUT2D eigenvalue weighted by Gasteiger charge is -2.16.